The van der Waals surface area contributed by atoms with E-state index < -0.39 is 0 Å². The van der Waals surface area contributed by atoms with Crippen LogP contribution in [0.1, 0.15) is 49.1 Å². The molecule has 0 atom stereocenters. The molecule has 0 bridgehead atoms. The molecule has 1 aliphatic heterocycles. The molecule has 30 heavy (non-hydrogen) atoms. The lowest BCUT2D eigenvalue weighted by Gasteiger charge is -2.26. The van der Waals surface area contributed by atoms with Crippen molar-refractivity contribution in [2.75, 3.05) is 13.2 Å². The summed E-state index contributed by atoms with van der Waals surface area (Å²) in [4.78, 5) is 9.43. The zero-order chi connectivity index (χ0) is 20.3. The highest BCUT2D eigenvalue weighted by Gasteiger charge is 2.28. The summed E-state index contributed by atoms with van der Waals surface area (Å²) in [7, 11) is 0. The van der Waals surface area contributed by atoms with Gasteiger partial charge in [-0.05, 0) is 66.3 Å². The van der Waals surface area contributed by atoms with Crippen LogP contribution in [-0.2, 0) is 17.6 Å². The van der Waals surface area contributed by atoms with E-state index in [1.807, 2.05) is 13.1 Å². The molecule has 0 radical (unpaired) electrons. The quantitative estimate of drug-likeness (QED) is 0.663. The van der Waals surface area contributed by atoms with E-state index in [0.717, 1.165) is 66.6 Å². The lowest BCUT2D eigenvalue weighted by Crippen LogP contribution is -2.26. The van der Waals surface area contributed by atoms with Crippen molar-refractivity contribution in [3.8, 4) is 28.4 Å². The van der Waals surface area contributed by atoms with Crippen LogP contribution in [0.15, 0.2) is 18.3 Å². The molecule has 4 heterocycles. The molecule has 3 aromatic heterocycles. The third-order valence-corrected chi connectivity index (χ3v) is 5.90. The van der Waals surface area contributed by atoms with Crippen LogP contribution in [0.3, 0.4) is 0 Å². The van der Waals surface area contributed by atoms with Gasteiger partial charge >= 0.3 is 0 Å². The van der Waals surface area contributed by atoms with Crippen molar-refractivity contribution in [2.45, 2.75) is 58.0 Å². The first kappa shape index (κ1) is 19.1. The maximum absolute atomic E-state index is 6.49. The van der Waals surface area contributed by atoms with Gasteiger partial charge in [0.15, 0.2) is 5.82 Å². The predicted molar refractivity (Wildman–Crippen MR) is 111 cm³/mol. The number of aromatic nitrogens is 6. The topological polar surface area (TPSA) is 98.7 Å². The van der Waals surface area contributed by atoms with Gasteiger partial charge in [0.25, 0.3) is 0 Å². The summed E-state index contributed by atoms with van der Waals surface area (Å²) in [5, 5.41) is 14.9. The van der Waals surface area contributed by atoms with Crippen molar-refractivity contribution < 1.29 is 9.47 Å². The minimum Gasteiger partial charge on any atom is -0.474 e. The molecule has 0 unspecified atom stereocenters. The number of ether oxygens (including phenoxy) is 2. The van der Waals surface area contributed by atoms with Crippen molar-refractivity contribution in [3.63, 3.8) is 0 Å². The van der Waals surface area contributed by atoms with Gasteiger partial charge in [0.05, 0.1) is 18.8 Å². The Bertz CT molecular complexity index is 1010. The molecule has 3 aromatic rings. The molecule has 8 nitrogen and oxygen atoms in total. The van der Waals surface area contributed by atoms with E-state index in [2.05, 4.69) is 37.7 Å². The fourth-order valence-corrected chi connectivity index (χ4v) is 4.44. The molecular weight excluding hydrogens is 380 g/mol. The lowest BCUT2D eigenvalue weighted by atomic mass is 9.91. The lowest BCUT2D eigenvalue weighted by molar-refractivity contribution is 0.0239. The zero-order valence-corrected chi connectivity index (χ0v) is 17.2. The average Bonchev–Trinajstić information content (AvgIpc) is 3.19. The molecule has 1 aliphatic carbocycles. The van der Waals surface area contributed by atoms with E-state index in [1.54, 1.807) is 0 Å². The van der Waals surface area contributed by atoms with Crippen LogP contribution in [0.2, 0.25) is 0 Å². The summed E-state index contributed by atoms with van der Waals surface area (Å²) in [5.41, 5.74) is 6.45. The summed E-state index contributed by atoms with van der Waals surface area (Å²) in [6.07, 6.45) is 9.12. The van der Waals surface area contributed by atoms with Crippen molar-refractivity contribution in [2.24, 2.45) is 0 Å². The molecule has 1 N–H and O–H groups in total. The Balaban J connectivity index is 1.73. The smallest absolute Gasteiger partial charge is 0.225 e. The third-order valence-electron chi connectivity index (χ3n) is 5.90. The molecule has 0 saturated carbocycles. The number of H-pyrrole nitrogens is 1. The van der Waals surface area contributed by atoms with Crippen LogP contribution in [0.4, 0.5) is 0 Å². The first-order valence-electron chi connectivity index (χ1n) is 10.8. The van der Waals surface area contributed by atoms with Gasteiger partial charge in [-0.25, -0.2) is 10.1 Å². The van der Waals surface area contributed by atoms with Crippen LogP contribution in [-0.4, -0.2) is 49.9 Å². The van der Waals surface area contributed by atoms with Gasteiger partial charge in [-0.15, -0.1) is 5.10 Å². The van der Waals surface area contributed by atoms with Gasteiger partial charge < -0.3 is 9.47 Å². The number of nitrogens with zero attached hydrogens (tertiary/aromatic N) is 5. The van der Waals surface area contributed by atoms with E-state index in [1.165, 1.54) is 12.0 Å². The SMILES string of the molecule is Cc1cc(-c2c3c(nc(OC4CCOCC4)c2-c2nnn[nH]2)CCCCC3)ccn1. The van der Waals surface area contributed by atoms with Crippen LogP contribution < -0.4 is 4.74 Å². The monoisotopic (exact) mass is 406 g/mol. The van der Waals surface area contributed by atoms with Crippen molar-refractivity contribution >= 4 is 0 Å². The fourth-order valence-electron chi connectivity index (χ4n) is 4.44. The molecule has 0 spiro atoms. The minimum atomic E-state index is 0.0803. The first-order valence-corrected chi connectivity index (χ1v) is 10.8. The zero-order valence-electron chi connectivity index (χ0n) is 17.2. The predicted octanol–water partition coefficient (Wildman–Crippen LogP) is 3.46. The summed E-state index contributed by atoms with van der Waals surface area (Å²) < 4.78 is 12.0. The number of aryl methyl sites for hydroxylation is 2. The summed E-state index contributed by atoms with van der Waals surface area (Å²) in [6, 6.07) is 4.17. The van der Waals surface area contributed by atoms with Gasteiger partial charge in [0.1, 0.15) is 6.10 Å². The maximum Gasteiger partial charge on any atom is 0.225 e. The molecule has 5 rings (SSSR count). The van der Waals surface area contributed by atoms with E-state index in [4.69, 9.17) is 14.5 Å². The summed E-state index contributed by atoms with van der Waals surface area (Å²) in [6.45, 7) is 3.44. The standard InChI is InChI=1S/C22H26N6O2/c1-14-13-15(7-10-23-14)19-17-5-3-2-4-6-18(17)24-22(20(19)21-25-27-28-26-21)30-16-8-11-29-12-9-16/h7,10,13,16H,2-6,8-9,11-12H2,1H3,(H,25,26,27,28). The fraction of sp³-hybridized carbons (Fsp3) is 0.500. The van der Waals surface area contributed by atoms with E-state index >= 15 is 0 Å². The van der Waals surface area contributed by atoms with Gasteiger partial charge in [0, 0.05) is 36.0 Å². The number of pyridine rings is 2. The molecule has 1 saturated heterocycles. The van der Waals surface area contributed by atoms with Crippen LogP contribution in [0.5, 0.6) is 5.88 Å². The normalized spacial score (nSPS) is 17.4. The Kier molecular flexibility index (Phi) is 5.40. The summed E-state index contributed by atoms with van der Waals surface area (Å²) >= 11 is 0. The summed E-state index contributed by atoms with van der Waals surface area (Å²) in [5.74, 6) is 1.20. The highest BCUT2D eigenvalue weighted by atomic mass is 16.5. The molecule has 0 aromatic carbocycles. The molecule has 0 amide bonds. The first-order chi connectivity index (χ1) is 14.8. The molecule has 1 fully saturated rings. The van der Waals surface area contributed by atoms with Crippen molar-refractivity contribution in [1.82, 2.24) is 30.6 Å². The number of aromatic amines is 1. The maximum atomic E-state index is 6.49. The second kappa shape index (κ2) is 8.47. The average molecular weight is 406 g/mol. The van der Waals surface area contributed by atoms with Crippen LogP contribution in [0, 0.1) is 6.92 Å². The molecule has 156 valence electrons. The largest absolute Gasteiger partial charge is 0.474 e. The second-order valence-electron chi connectivity index (χ2n) is 8.02. The van der Waals surface area contributed by atoms with E-state index in [9.17, 15) is 0 Å². The molecule has 2 aliphatic rings. The molecule has 8 heteroatoms. The number of nitrogens with one attached hydrogen (secondary N) is 1. The number of fused-ring (bicyclic) bond motifs is 1. The Labute approximate surface area is 175 Å². The Morgan fingerprint density at radius 1 is 1.10 bits per heavy atom. The minimum absolute atomic E-state index is 0.0803. The second-order valence-corrected chi connectivity index (χ2v) is 8.02. The van der Waals surface area contributed by atoms with Gasteiger partial charge in [-0.3, -0.25) is 4.98 Å². The highest BCUT2D eigenvalue weighted by molar-refractivity contribution is 5.86. The van der Waals surface area contributed by atoms with Crippen molar-refractivity contribution in [1.29, 1.82) is 0 Å². The van der Waals surface area contributed by atoms with Crippen LogP contribution >= 0.6 is 0 Å². The Morgan fingerprint density at radius 2 is 1.97 bits per heavy atom. The molecular formula is C22H26N6O2. The number of hydrogen-bond donors (Lipinski definition) is 1. The number of hydrogen-bond acceptors (Lipinski definition) is 7. The van der Waals surface area contributed by atoms with E-state index in [-0.39, 0.29) is 6.10 Å². The highest BCUT2D eigenvalue weighted by Crippen LogP contribution is 2.42. The van der Waals surface area contributed by atoms with E-state index in [0.29, 0.717) is 24.9 Å². The van der Waals surface area contributed by atoms with Crippen molar-refractivity contribution in [3.05, 3.63) is 35.3 Å². The Hall–Kier alpha value is -2.87. The third kappa shape index (κ3) is 3.79. The van der Waals surface area contributed by atoms with Gasteiger partial charge in [-0.2, -0.15) is 0 Å². The number of rotatable bonds is 4. The number of tetrazole rings is 1. The van der Waals surface area contributed by atoms with Gasteiger partial charge in [-0.1, -0.05) is 6.42 Å². The Morgan fingerprint density at radius 3 is 2.77 bits per heavy atom. The van der Waals surface area contributed by atoms with Gasteiger partial charge in [0.2, 0.25) is 5.88 Å². The van der Waals surface area contributed by atoms with Crippen LogP contribution in [0.25, 0.3) is 22.5 Å².